The van der Waals surface area contributed by atoms with Gasteiger partial charge in [0, 0.05) is 26.2 Å². The van der Waals surface area contributed by atoms with E-state index >= 15 is 0 Å². The van der Waals surface area contributed by atoms with Crippen molar-refractivity contribution < 1.29 is 14.3 Å². The lowest BCUT2D eigenvalue weighted by Gasteiger charge is -2.26. The molecule has 2 aromatic carbocycles. The lowest BCUT2D eigenvalue weighted by molar-refractivity contribution is 0.165. The molecule has 1 N–H and O–H groups in total. The first kappa shape index (κ1) is 18.9. The van der Waals surface area contributed by atoms with Gasteiger partial charge in [0.15, 0.2) is 11.5 Å². The molecule has 1 aliphatic heterocycles. The van der Waals surface area contributed by atoms with E-state index in [1.54, 1.807) is 19.0 Å². The Morgan fingerprint density at radius 1 is 1.07 bits per heavy atom. The van der Waals surface area contributed by atoms with Crippen LogP contribution in [0, 0.1) is 6.92 Å². The number of carbonyl (C=O) groups is 1. The number of rotatable bonds is 4. The number of nitrogens with zero attached hydrogens (tertiary/aromatic N) is 2. The van der Waals surface area contributed by atoms with Crippen LogP contribution in [0.1, 0.15) is 16.7 Å². The topological polar surface area (TPSA) is 74.9 Å². The largest absolute Gasteiger partial charge is 0.454 e. The zero-order valence-electron chi connectivity index (χ0n) is 16.7. The van der Waals surface area contributed by atoms with Gasteiger partial charge in [0.1, 0.15) is 0 Å². The Bertz CT molecular complexity index is 1140. The summed E-state index contributed by atoms with van der Waals surface area (Å²) in [4.78, 5) is 31.6. The summed E-state index contributed by atoms with van der Waals surface area (Å²) in [5.41, 5.74) is 3.08. The monoisotopic (exact) mass is 393 g/mol. The number of aromatic amines is 1. The van der Waals surface area contributed by atoms with E-state index in [-0.39, 0.29) is 24.9 Å². The summed E-state index contributed by atoms with van der Waals surface area (Å²) in [6, 6.07) is 13.2. The van der Waals surface area contributed by atoms with E-state index in [9.17, 15) is 9.59 Å². The molecule has 0 bridgehead atoms. The average Bonchev–Trinajstić information content (AvgIpc) is 3.16. The normalized spacial score (nSPS) is 12.2. The Hall–Kier alpha value is -3.48. The smallest absolute Gasteiger partial charge is 0.320 e. The van der Waals surface area contributed by atoms with Crippen molar-refractivity contribution in [2.45, 2.75) is 20.0 Å². The molecule has 29 heavy (non-hydrogen) atoms. The zero-order chi connectivity index (χ0) is 20.5. The molecule has 3 aromatic rings. The number of nitrogens with one attached hydrogen (secondary N) is 1. The first-order chi connectivity index (χ1) is 13.9. The summed E-state index contributed by atoms with van der Waals surface area (Å²) in [7, 11) is 3.39. The molecule has 0 radical (unpaired) electrons. The molecule has 1 aromatic heterocycles. The first-order valence-electron chi connectivity index (χ1n) is 9.38. The predicted molar refractivity (Wildman–Crippen MR) is 110 cm³/mol. The SMILES string of the molecule is Cc1cccc2cc(CN(Cc3ccc4c(c3)OCO4)C(=O)N(C)C)c(=O)[nH]c12. The third-order valence-corrected chi connectivity index (χ3v) is 4.99. The number of benzene rings is 2. The maximum absolute atomic E-state index is 12.8. The summed E-state index contributed by atoms with van der Waals surface area (Å²) in [6.07, 6.45) is 0. The second-order valence-electron chi connectivity index (χ2n) is 7.38. The number of para-hydroxylation sites is 1. The van der Waals surface area contributed by atoms with Crippen LogP contribution in [0.4, 0.5) is 4.79 Å². The fourth-order valence-electron chi connectivity index (χ4n) is 3.49. The van der Waals surface area contributed by atoms with Gasteiger partial charge in [0.25, 0.3) is 5.56 Å². The van der Waals surface area contributed by atoms with Crippen LogP contribution in [0.3, 0.4) is 0 Å². The van der Waals surface area contributed by atoms with Crippen molar-refractivity contribution in [3.63, 3.8) is 0 Å². The quantitative estimate of drug-likeness (QED) is 0.738. The number of amides is 2. The van der Waals surface area contributed by atoms with Crippen molar-refractivity contribution in [1.82, 2.24) is 14.8 Å². The van der Waals surface area contributed by atoms with Crippen molar-refractivity contribution >= 4 is 16.9 Å². The van der Waals surface area contributed by atoms with Crippen molar-refractivity contribution in [3.05, 3.63) is 69.5 Å². The number of urea groups is 1. The molecule has 4 rings (SSSR count). The van der Waals surface area contributed by atoms with Crippen molar-refractivity contribution in [1.29, 1.82) is 0 Å². The number of fused-ring (bicyclic) bond motifs is 2. The van der Waals surface area contributed by atoms with Gasteiger partial charge in [-0.1, -0.05) is 24.3 Å². The molecule has 0 spiro atoms. The van der Waals surface area contributed by atoms with Crippen LogP contribution in [0.15, 0.2) is 47.3 Å². The van der Waals surface area contributed by atoms with Gasteiger partial charge in [-0.05, 0) is 41.6 Å². The highest BCUT2D eigenvalue weighted by atomic mass is 16.7. The van der Waals surface area contributed by atoms with Gasteiger partial charge < -0.3 is 24.3 Å². The summed E-state index contributed by atoms with van der Waals surface area (Å²) in [5.74, 6) is 1.36. The minimum atomic E-state index is -0.186. The van der Waals surface area contributed by atoms with Gasteiger partial charge in [-0.3, -0.25) is 4.79 Å². The third-order valence-electron chi connectivity index (χ3n) is 4.99. The molecule has 2 amide bonds. The highest BCUT2D eigenvalue weighted by Gasteiger charge is 2.20. The van der Waals surface area contributed by atoms with Crippen LogP contribution in [-0.4, -0.2) is 41.7 Å². The van der Waals surface area contributed by atoms with Crippen LogP contribution >= 0.6 is 0 Å². The molecule has 0 unspecified atom stereocenters. The highest BCUT2D eigenvalue weighted by Crippen LogP contribution is 2.33. The van der Waals surface area contributed by atoms with Gasteiger partial charge in [0.2, 0.25) is 6.79 Å². The van der Waals surface area contributed by atoms with Gasteiger partial charge in [0.05, 0.1) is 12.1 Å². The van der Waals surface area contributed by atoms with E-state index in [1.165, 1.54) is 4.90 Å². The molecule has 0 saturated heterocycles. The third kappa shape index (κ3) is 3.76. The number of aryl methyl sites for hydroxylation is 1. The number of hydrogen-bond acceptors (Lipinski definition) is 4. The van der Waals surface area contributed by atoms with Gasteiger partial charge in [-0.15, -0.1) is 0 Å². The summed E-state index contributed by atoms with van der Waals surface area (Å²) >= 11 is 0. The zero-order valence-corrected chi connectivity index (χ0v) is 16.7. The number of hydrogen-bond donors (Lipinski definition) is 1. The Kier molecular flexibility index (Phi) is 4.88. The van der Waals surface area contributed by atoms with E-state index in [4.69, 9.17) is 9.47 Å². The molecule has 0 fully saturated rings. The second kappa shape index (κ2) is 7.50. The molecule has 150 valence electrons. The summed E-state index contributed by atoms with van der Waals surface area (Å²) < 4.78 is 10.8. The van der Waals surface area contributed by atoms with Crippen LogP contribution in [0.5, 0.6) is 11.5 Å². The summed E-state index contributed by atoms with van der Waals surface area (Å²) in [6.45, 7) is 2.70. The van der Waals surface area contributed by atoms with Crippen LogP contribution in [0.25, 0.3) is 10.9 Å². The molecule has 1 aliphatic rings. The van der Waals surface area contributed by atoms with E-state index in [1.807, 2.05) is 49.4 Å². The van der Waals surface area contributed by atoms with E-state index in [0.717, 1.165) is 22.0 Å². The maximum Gasteiger partial charge on any atom is 0.320 e. The minimum Gasteiger partial charge on any atom is -0.454 e. The van der Waals surface area contributed by atoms with Crippen molar-refractivity contribution in [3.8, 4) is 11.5 Å². The van der Waals surface area contributed by atoms with Crippen molar-refractivity contribution in [2.24, 2.45) is 0 Å². The number of pyridine rings is 1. The average molecular weight is 393 g/mol. The van der Waals surface area contributed by atoms with Crippen molar-refractivity contribution in [2.75, 3.05) is 20.9 Å². The van der Waals surface area contributed by atoms with Gasteiger partial charge >= 0.3 is 6.03 Å². The lowest BCUT2D eigenvalue weighted by atomic mass is 10.1. The Balaban J connectivity index is 1.66. The minimum absolute atomic E-state index is 0.175. The molecule has 0 atom stereocenters. The molecule has 0 saturated carbocycles. The number of ether oxygens (including phenoxy) is 2. The maximum atomic E-state index is 12.8. The number of aromatic nitrogens is 1. The van der Waals surface area contributed by atoms with Crippen LogP contribution in [-0.2, 0) is 13.1 Å². The first-order valence-corrected chi connectivity index (χ1v) is 9.38. The lowest BCUT2D eigenvalue weighted by Crippen LogP contribution is -2.39. The van der Waals surface area contributed by atoms with E-state index < -0.39 is 0 Å². The van der Waals surface area contributed by atoms with E-state index in [2.05, 4.69) is 4.98 Å². The van der Waals surface area contributed by atoms with Crippen LogP contribution in [0.2, 0.25) is 0 Å². The van der Waals surface area contributed by atoms with E-state index in [0.29, 0.717) is 23.6 Å². The van der Waals surface area contributed by atoms with Gasteiger partial charge in [-0.2, -0.15) is 0 Å². The Morgan fingerprint density at radius 3 is 2.66 bits per heavy atom. The number of H-pyrrole nitrogens is 1. The Labute approximate surface area is 168 Å². The fraction of sp³-hybridized carbons (Fsp3) is 0.273. The summed E-state index contributed by atoms with van der Waals surface area (Å²) in [5, 5.41) is 0.944. The molecular weight excluding hydrogens is 370 g/mol. The predicted octanol–water partition coefficient (Wildman–Crippen LogP) is 3.25. The second-order valence-corrected chi connectivity index (χ2v) is 7.38. The standard InChI is InChI=1S/C22H23N3O4/c1-14-5-4-6-16-10-17(21(26)23-20(14)16)12-25(22(27)24(2)3)11-15-7-8-18-19(9-15)29-13-28-18/h4-10H,11-13H2,1-3H3,(H,23,26). The van der Waals surface area contributed by atoms with Crippen LogP contribution < -0.4 is 15.0 Å². The highest BCUT2D eigenvalue weighted by molar-refractivity contribution is 5.82. The fourth-order valence-corrected chi connectivity index (χ4v) is 3.49. The molecule has 7 heteroatoms. The number of carbonyl (C=O) groups excluding carboxylic acids is 1. The molecular formula is C22H23N3O4. The molecule has 7 nitrogen and oxygen atoms in total. The molecule has 2 heterocycles. The molecule has 0 aliphatic carbocycles. The van der Waals surface area contributed by atoms with Gasteiger partial charge in [-0.25, -0.2) is 4.79 Å². The Morgan fingerprint density at radius 2 is 1.86 bits per heavy atom.